The lowest BCUT2D eigenvalue weighted by atomic mass is 10.00. The zero-order valence-electron chi connectivity index (χ0n) is 18.4. The first-order chi connectivity index (χ1) is 15.8. The summed E-state index contributed by atoms with van der Waals surface area (Å²) in [6, 6.07) is 13.9. The molecule has 0 saturated heterocycles. The van der Waals surface area contributed by atoms with Gasteiger partial charge >= 0.3 is 0 Å². The SMILES string of the molecule is COc1ccccc1C(=O)NCc1ccc(C(=N)/C(C(N)=O)=C(/N)NC2CCC(Cl)C2)cc1. The van der Waals surface area contributed by atoms with Crippen molar-refractivity contribution in [1.82, 2.24) is 10.6 Å². The summed E-state index contributed by atoms with van der Waals surface area (Å²) in [4.78, 5) is 24.5. The summed E-state index contributed by atoms with van der Waals surface area (Å²) in [5, 5.41) is 14.5. The van der Waals surface area contributed by atoms with Crippen LogP contribution in [0.5, 0.6) is 5.75 Å². The number of amides is 2. The molecule has 1 fully saturated rings. The summed E-state index contributed by atoms with van der Waals surface area (Å²) >= 11 is 6.14. The van der Waals surface area contributed by atoms with Crippen LogP contribution in [0, 0.1) is 5.41 Å². The number of primary amides is 1. The Kier molecular flexibility index (Phi) is 7.95. The van der Waals surface area contributed by atoms with Crippen LogP contribution in [-0.2, 0) is 11.3 Å². The number of carbonyl (C=O) groups is 2. The average Bonchev–Trinajstić information content (AvgIpc) is 3.21. The molecule has 2 atom stereocenters. The van der Waals surface area contributed by atoms with Crippen LogP contribution >= 0.6 is 11.6 Å². The van der Waals surface area contributed by atoms with E-state index in [0.29, 0.717) is 16.9 Å². The smallest absolute Gasteiger partial charge is 0.255 e. The van der Waals surface area contributed by atoms with Crippen LogP contribution < -0.4 is 26.8 Å². The van der Waals surface area contributed by atoms with Crippen molar-refractivity contribution in [1.29, 1.82) is 5.41 Å². The molecule has 1 saturated carbocycles. The predicted molar refractivity (Wildman–Crippen MR) is 128 cm³/mol. The molecule has 0 spiro atoms. The van der Waals surface area contributed by atoms with Gasteiger partial charge in [0.15, 0.2) is 0 Å². The van der Waals surface area contributed by atoms with Crippen LogP contribution in [0.4, 0.5) is 0 Å². The van der Waals surface area contributed by atoms with Gasteiger partial charge in [-0.1, -0.05) is 36.4 Å². The predicted octanol–water partition coefficient (Wildman–Crippen LogP) is 2.40. The number of hydrogen-bond donors (Lipinski definition) is 5. The van der Waals surface area contributed by atoms with Gasteiger partial charge < -0.3 is 26.8 Å². The molecule has 1 aliphatic rings. The Morgan fingerprint density at radius 2 is 1.82 bits per heavy atom. The topological polar surface area (TPSA) is 143 Å². The van der Waals surface area contributed by atoms with E-state index in [4.69, 9.17) is 33.2 Å². The molecule has 2 aromatic carbocycles. The van der Waals surface area contributed by atoms with Gasteiger partial charge in [0.05, 0.1) is 18.4 Å². The highest BCUT2D eigenvalue weighted by Crippen LogP contribution is 2.24. The minimum Gasteiger partial charge on any atom is -0.496 e. The molecule has 2 amide bonds. The fraction of sp³-hybridized carbons (Fsp3) is 0.292. The molecule has 3 rings (SSSR count). The van der Waals surface area contributed by atoms with E-state index in [1.165, 1.54) is 7.11 Å². The van der Waals surface area contributed by atoms with E-state index in [0.717, 1.165) is 24.8 Å². The van der Waals surface area contributed by atoms with E-state index in [-0.39, 0.29) is 41.0 Å². The number of rotatable bonds is 9. The van der Waals surface area contributed by atoms with E-state index < -0.39 is 5.91 Å². The number of alkyl halides is 1. The Morgan fingerprint density at radius 3 is 2.42 bits per heavy atom. The third kappa shape index (κ3) is 6.04. The third-order valence-corrected chi connectivity index (χ3v) is 5.94. The minimum atomic E-state index is -0.779. The quantitative estimate of drug-likeness (QED) is 0.217. The number of ether oxygens (including phenoxy) is 1. The monoisotopic (exact) mass is 469 g/mol. The first-order valence-electron chi connectivity index (χ1n) is 10.6. The number of carbonyl (C=O) groups excluding carboxylic acids is 2. The second-order valence-corrected chi connectivity index (χ2v) is 8.48. The zero-order valence-corrected chi connectivity index (χ0v) is 19.1. The van der Waals surface area contributed by atoms with Crippen molar-refractivity contribution in [3.05, 3.63) is 76.6 Å². The van der Waals surface area contributed by atoms with Crippen molar-refractivity contribution >= 4 is 29.1 Å². The van der Waals surface area contributed by atoms with Gasteiger partial charge in [-0.3, -0.25) is 15.0 Å². The fourth-order valence-electron chi connectivity index (χ4n) is 3.78. The van der Waals surface area contributed by atoms with Crippen molar-refractivity contribution in [2.24, 2.45) is 11.5 Å². The lowest BCUT2D eigenvalue weighted by Crippen LogP contribution is -2.36. The lowest BCUT2D eigenvalue weighted by Gasteiger charge is -2.17. The minimum absolute atomic E-state index is 0.0453. The zero-order chi connectivity index (χ0) is 24.0. The Hall–Kier alpha value is -3.52. The first-order valence-corrected chi connectivity index (χ1v) is 11.0. The van der Waals surface area contributed by atoms with Crippen molar-refractivity contribution in [3.8, 4) is 5.75 Å². The van der Waals surface area contributed by atoms with Gasteiger partial charge in [0.1, 0.15) is 17.1 Å². The molecule has 0 radical (unpaired) electrons. The Bertz CT molecular complexity index is 1070. The Balaban J connectivity index is 1.67. The summed E-state index contributed by atoms with van der Waals surface area (Å²) in [6.07, 6.45) is 2.44. The summed E-state index contributed by atoms with van der Waals surface area (Å²) in [6.45, 7) is 0.286. The second-order valence-electron chi connectivity index (χ2n) is 7.86. The molecule has 7 N–H and O–H groups in total. The number of halogens is 1. The molecule has 2 unspecified atom stereocenters. The number of benzene rings is 2. The summed E-state index contributed by atoms with van der Waals surface area (Å²) in [7, 11) is 1.51. The van der Waals surface area contributed by atoms with E-state index >= 15 is 0 Å². The summed E-state index contributed by atoms with van der Waals surface area (Å²) < 4.78 is 5.22. The standard InChI is InChI=1S/C24H28ClN5O3/c1-33-19-5-3-2-4-18(19)24(32)29-13-14-6-8-15(9-7-14)21(26)20(23(28)31)22(27)30-17-11-10-16(25)12-17/h2-9,16-17,26,30H,10-13,27H2,1H3,(H2,28,31)(H,29,32)/b22-20+,26-21?. The van der Waals surface area contributed by atoms with Crippen LogP contribution in [0.2, 0.25) is 0 Å². The van der Waals surface area contributed by atoms with E-state index in [1.54, 1.807) is 48.5 Å². The fourth-order valence-corrected chi connectivity index (χ4v) is 4.12. The Morgan fingerprint density at radius 1 is 1.12 bits per heavy atom. The molecule has 33 heavy (non-hydrogen) atoms. The van der Waals surface area contributed by atoms with Gasteiger partial charge in [-0.15, -0.1) is 11.6 Å². The normalized spacial score (nSPS) is 18.2. The number of nitrogens with two attached hydrogens (primary N) is 2. The average molecular weight is 470 g/mol. The van der Waals surface area contributed by atoms with Crippen LogP contribution in [0.25, 0.3) is 0 Å². The molecule has 9 heteroatoms. The third-order valence-electron chi connectivity index (χ3n) is 5.54. The van der Waals surface area contributed by atoms with Crippen molar-refractivity contribution in [3.63, 3.8) is 0 Å². The molecule has 8 nitrogen and oxygen atoms in total. The summed E-state index contributed by atoms with van der Waals surface area (Å²) in [5.41, 5.74) is 13.2. The van der Waals surface area contributed by atoms with Gasteiger partial charge in [-0.2, -0.15) is 0 Å². The number of para-hydroxylation sites is 1. The van der Waals surface area contributed by atoms with Crippen LogP contribution in [0.1, 0.15) is 40.7 Å². The highest BCUT2D eigenvalue weighted by Gasteiger charge is 2.25. The molecule has 0 aromatic heterocycles. The highest BCUT2D eigenvalue weighted by atomic mass is 35.5. The summed E-state index contributed by atoms with van der Waals surface area (Å²) in [5.74, 6) is -0.460. The van der Waals surface area contributed by atoms with Gasteiger partial charge in [0.25, 0.3) is 11.8 Å². The molecule has 174 valence electrons. The van der Waals surface area contributed by atoms with Crippen LogP contribution in [0.15, 0.2) is 59.9 Å². The maximum Gasteiger partial charge on any atom is 0.255 e. The second kappa shape index (κ2) is 10.9. The van der Waals surface area contributed by atoms with Gasteiger partial charge in [0.2, 0.25) is 0 Å². The van der Waals surface area contributed by atoms with E-state index in [1.807, 2.05) is 0 Å². The van der Waals surface area contributed by atoms with Crippen molar-refractivity contribution < 1.29 is 14.3 Å². The van der Waals surface area contributed by atoms with Crippen LogP contribution in [-0.4, -0.2) is 36.1 Å². The molecule has 2 aromatic rings. The molecular weight excluding hydrogens is 442 g/mol. The molecular formula is C24H28ClN5O3. The highest BCUT2D eigenvalue weighted by molar-refractivity contribution is 6.26. The van der Waals surface area contributed by atoms with Gasteiger partial charge in [0, 0.05) is 23.5 Å². The van der Waals surface area contributed by atoms with Crippen molar-refractivity contribution in [2.45, 2.75) is 37.2 Å². The Labute approximate surface area is 197 Å². The maximum atomic E-state index is 12.5. The van der Waals surface area contributed by atoms with Gasteiger partial charge in [-0.25, -0.2) is 0 Å². The number of hydrogen-bond acceptors (Lipinski definition) is 6. The van der Waals surface area contributed by atoms with Crippen molar-refractivity contribution in [2.75, 3.05) is 7.11 Å². The number of nitrogens with one attached hydrogen (secondary N) is 3. The van der Waals surface area contributed by atoms with Crippen LogP contribution in [0.3, 0.4) is 0 Å². The van der Waals surface area contributed by atoms with E-state index in [2.05, 4.69) is 10.6 Å². The number of methoxy groups -OCH3 is 1. The van der Waals surface area contributed by atoms with Gasteiger partial charge in [-0.05, 0) is 37.0 Å². The first kappa shape index (κ1) is 24.1. The molecule has 1 aliphatic carbocycles. The maximum absolute atomic E-state index is 12.5. The largest absolute Gasteiger partial charge is 0.496 e. The molecule has 0 aliphatic heterocycles. The molecule has 0 bridgehead atoms. The molecule has 0 heterocycles. The van der Waals surface area contributed by atoms with E-state index in [9.17, 15) is 9.59 Å². The lowest BCUT2D eigenvalue weighted by molar-refractivity contribution is -0.114.